The Bertz CT molecular complexity index is 253. The number of rotatable bonds is 7. The highest BCUT2D eigenvalue weighted by atomic mass is 16.5. The molecule has 2 unspecified atom stereocenters. The maximum absolute atomic E-state index is 11.9. The number of hydrogen-bond acceptors (Lipinski definition) is 4. The number of carbonyl (C=O) groups is 1. The van der Waals surface area contributed by atoms with Gasteiger partial charge in [0.2, 0.25) is 0 Å². The molecule has 2 fully saturated rings. The highest BCUT2D eigenvalue weighted by molar-refractivity contribution is 5.73. The molecule has 2 rings (SSSR count). The summed E-state index contributed by atoms with van der Waals surface area (Å²) in [6.45, 7) is 4.76. The maximum Gasteiger partial charge on any atom is 0.312 e. The molecule has 1 saturated heterocycles. The van der Waals surface area contributed by atoms with Crippen LogP contribution < -0.4 is 5.32 Å². The topological polar surface area (TPSA) is 47.6 Å². The molecule has 1 N–H and O–H groups in total. The summed E-state index contributed by atoms with van der Waals surface area (Å²) in [6, 6.07) is 0.142. The van der Waals surface area contributed by atoms with E-state index in [4.69, 9.17) is 9.47 Å². The van der Waals surface area contributed by atoms with Crippen molar-refractivity contribution < 1.29 is 14.3 Å². The van der Waals surface area contributed by atoms with Crippen molar-refractivity contribution in [2.45, 2.75) is 38.6 Å². The first-order valence-corrected chi connectivity index (χ1v) is 6.79. The molecule has 2 atom stereocenters. The van der Waals surface area contributed by atoms with Gasteiger partial charge in [0.25, 0.3) is 0 Å². The Hall–Kier alpha value is -0.610. The molecule has 2 aliphatic rings. The lowest BCUT2D eigenvalue weighted by atomic mass is 10.0. The van der Waals surface area contributed by atoms with E-state index in [1.807, 2.05) is 0 Å². The Balaban J connectivity index is 1.68. The molecule has 1 heterocycles. The monoisotopic (exact) mass is 241 g/mol. The van der Waals surface area contributed by atoms with Crippen LogP contribution in [0.5, 0.6) is 0 Å². The molecular weight excluding hydrogens is 218 g/mol. The molecule has 0 aromatic rings. The van der Waals surface area contributed by atoms with E-state index in [1.165, 1.54) is 12.8 Å². The molecule has 4 nitrogen and oxygen atoms in total. The van der Waals surface area contributed by atoms with Crippen LogP contribution in [0.1, 0.15) is 32.6 Å². The van der Waals surface area contributed by atoms with Crippen LogP contribution in [0.25, 0.3) is 0 Å². The van der Waals surface area contributed by atoms with E-state index in [2.05, 4.69) is 12.2 Å². The van der Waals surface area contributed by atoms with Gasteiger partial charge in [-0.3, -0.25) is 4.79 Å². The zero-order valence-corrected chi connectivity index (χ0v) is 10.6. The first kappa shape index (κ1) is 12.8. The molecule has 1 aliphatic carbocycles. The normalized spacial score (nSPS) is 28.3. The van der Waals surface area contributed by atoms with Crippen molar-refractivity contribution in [3.05, 3.63) is 0 Å². The fourth-order valence-electron chi connectivity index (χ4n) is 2.16. The number of hydrogen-bond donors (Lipinski definition) is 1. The Morgan fingerprint density at radius 2 is 2.24 bits per heavy atom. The number of carbonyl (C=O) groups excluding carboxylic acids is 1. The van der Waals surface area contributed by atoms with Crippen LogP contribution in [0.3, 0.4) is 0 Å². The average molecular weight is 241 g/mol. The van der Waals surface area contributed by atoms with Gasteiger partial charge in [0.05, 0.1) is 25.7 Å². The van der Waals surface area contributed by atoms with E-state index < -0.39 is 0 Å². The lowest BCUT2D eigenvalue weighted by molar-refractivity contribution is -0.149. The molecule has 1 aliphatic heterocycles. The molecule has 0 radical (unpaired) electrons. The minimum absolute atomic E-state index is 0.0863. The zero-order chi connectivity index (χ0) is 12.1. The summed E-state index contributed by atoms with van der Waals surface area (Å²) < 4.78 is 10.7. The van der Waals surface area contributed by atoms with Gasteiger partial charge in [0, 0.05) is 6.04 Å². The minimum atomic E-state index is -0.110. The van der Waals surface area contributed by atoms with Crippen LogP contribution in [-0.2, 0) is 14.3 Å². The molecule has 0 aromatic heterocycles. The molecule has 0 aromatic carbocycles. The van der Waals surface area contributed by atoms with Gasteiger partial charge in [-0.2, -0.15) is 0 Å². The van der Waals surface area contributed by atoms with E-state index in [0.717, 1.165) is 25.3 Å². The van der Waals surface area contributed by atoms with Crippen molar-refractivity contribution in [2.75, 3.05) is 26.4 Å². The summed E-state index contributed by atoms with van der Waals surface area (Å²) in [5, 5.41) is 3.35. The third-order valence-electron chi connectivity index (χ3n) is 3.51. The summed E-state index contributed by atoms with van der Waals surface area (Å²) in [5.41, 5.74) is 0. The molecule has 1 saturated carbocycles. The molecule has 0 spiro atoms. The molecule has 4 heteroatoms. The Kier molecular flexibility index (Phi) is 4.80. The van der Waals surface area contributed by atoms with E-state index in [0.29, 0.717) is 19.8 Å². The van der Waals surface area contributed by atoms with Crippen LogP contribution in [-0.4, -0.2) is 38.4 Å². The van der Waals surface area contributed by atoms with Crippen LogP contribution in [0.2, 0.25) is 0 Å². The highest BCUT2D eigenvalue weighted by Crippen LogP contribution is 2.32. The standard InChI is InChI=1S/C13H23NO3/c1-2-6-14-12-9-16-8-11(12)13(15)17-7-5-10-3-4-10/h10-12,14H,2-9H2,1H3. The third-order valence-corrected chi connectivity index (χ3v) is 3.51. The highest BCUT2D eigenvalue weighted by Gasteiger charge is 2.35. The molecule has 0 bridgehead atoms. The fraction of sp³-hybridized carbons (Fsp3) is 0.923. The zero-order valence-electron chi connectivity index (χ0n) is 10.6. The summed E-state index contributed by atoms with van der Waals surface area (Å²) in [5.74, 6) is 0.620. The van der Waals surface area contributed by atoms with Crippen molar-refractivity contribution in [3.63, 3.8) is 0 Å². The molecule has 98 valence electrons. The molecule has 17 heavy (non-hydrogen) atoms. The minimum Gasteiger partial charge on any atom is -0.465 e. The molecule has 0 amide bonds. The van der Waals surface area contributed by atoms with Crippen LogP contribution in [0.15, 0.2) is 0 Å². The smallest absolute Gasteiger partial charge is 0.312 e. The van der Waals surface area contributed by atoms with Gasteiger partial charge in [-0.25, -0.2) is 0 Å². The van der Waals surface area contributed by atoms with Gasteiger partial charge < -0.3 is 14.8 Å². The van der Waals surface area contributed by atoms with Crippen molar-refractivity contribution in [3.8, 4) is 0 Å². The van der Waals surface area contributed by atoms with Crippen molar-refractivity contribution in [2.24, 2.45) is 11.8 Å². The quantitative estimate of drug-likeness (QED) is 0.683. The van der Waals surface area contributed by atoms with Crippen LogP contribution in [0.4, 0.5) is 0 Å². The van der Waals surface area contributed by atoms with E-state index in [1.54, 1.807) is 0 Å². The van der Waals surface area contributed by atoms with Gasteiger partial charge in [-0.1, -0.05) is 19.8 Å². The second-order valence-electron chi connectivity index (χ2n) is 5.10. The molecular formula is C13H23NO3. The van der Waals surface area contributed by atoms with Crippen LogP contribution in [0, 0.1) is 11.8 Å². The summed E-state index contributed by atoms with van der Waals surface area (Å²) in [6.07, 6.45) is 4.72. The van der Waals surface area contributed by atoms with Gasteiger partial charge in [-0.15, -0.1) is 0 Å². The lowest BCUT2D eigenvalue weighted by Crippen LogP contribution is -2.40. The average Bonchev–Trinajstić information content (AvgIpc) is 3.03. The predicted octanol–water partition coefficient (Wildman–Crippen LogP) is 1.34. The van der Waals surface area contributed by atoms with Gasteiger partial charge in [0.15, 0.2) is 0 Å². The van der Waals surface area contributed by atoms with Gasteiger partial charge in [-0.05, 0) is 25.3 Å². The van der Waals surface area contributed by atoms with Crippen molar-refractivity contribution >= 4 is 5.97 Å². The van der Waals surface area contributed by atoms with E-state index in [-0.39, 0.29) is 17.9 Å². The van der Waals surface area contributed by atoms with Crippen molar-refractivity contribution in [1.29, 1.82) is 0 Å². The first-order valence-electron chi connectivity index (χ1n) is 6.79. The second kappa shape index (κ2) is 6.36. The summed E-state index contributed by atoms with van der Waals surface area (Å²) in [7, 11) is 0. The fourth-order valence-corrected chi connectivity index (χ4v) is 2.16. The number of nitrogens with one attached hydrogen (secondary N) is 1. The van der Waals surface area contributed by atoms with Gasteiger partial charge >= 0.3 is 5.97 Å². The SMILES string of the molecule is CCCNC1COCC1C(=O)OCCC1CC1. The largest absolute Gasteiger partial charge is 0.465 e. The second-order valence-corrected chi connectivity index (χ2v) is 5.10. The number of esters is 1. The Morgan fingerprint density at radius 3 is 2.94 bits per heavy atom. The van der Waals surface area contributed by atoms with Crippen molar-refractivity contribution in [1.82, 2.24) is 5.32 Å². The van der Waals surface area contributed by atoms with E-state index >= 15 is 0 Å². The third kappa shape index (κ3) is 3.96. The maximum atomic E-state index is 11.9. The lowest BCUT2D eigenvalue weighted by Gasteiger charge is -2.17. The first-order chi connectivity index (χ1) is 8.31. The van der Waals surface area contributed by atoms with E-state index in [9.17, 15) is 4.79 Å². The summed E-state index contributed by atoms with van der Waals surface area (Å²) in [4.78, 5) is 11.9. The Morgan fingerprint density at radius 1 is 1.41 bits per heavy atom. The predicted molar refractivity (Wildman–Crippen MR) is 64.7 cm³/mol. The Labute approximate surface area is 103 Å². The number of ether oxygens (including phenoxy) is 2. The summed E-state index contributed by atoms with van der Waals surface area (Å²) >= 11 is 0. The van der Waals surface area contributed by atoms with Crippen LogP contribution >= 0.6 is 0 Å². The van der Waals surface area contributed by atoms with Gasteiger partial charge in [0.1, 0.15) is 0 Å².